The van der Waals surface area contributed by atoms with Crippen LogP contribution in [0.25, 0.3) is 5.57 Å². The molecule has 0 spiro atoms. The Labute approximate surface area is 153 Å². The van der Waals surface area contributed by atoms with Crippen molar-refractivity contribution in [3.8, 4) is 0 Å². The molecule has 0 aliphatic carbocycles. The van der Waals surface area contributed by atoms with Gasteiger partial charge < -0.3 is 4.90 Å². The van der Waals surface area contributed by atoms with Gasteiger partial charge in [-0.25, -0.2) is 0 Å². The van der Waals surface area contributed by atoms with Gasteiger partial charge in [-0.05, 0) is 86.8 Å². The van der Waals surface area contributed by atoms with Crippen LogP contribution in [-0.4, -0.2) is 25.0 Å². The molecule has 1 nitrogen and oxygen atoms in total. The van der Waals surface area contributed by atoms with Gasteiger partial charge in [0.25, 0.3) is 0 Å². The fraction of sp³-hybridized carbons (Fsp3) is 0.545. The van der Waals surface area contributed by atoms with Crippen LogP contribution < -0.4 is 0 Å². The Morgan fingerprint density at radius 1 is 1.33 bits per heavy atom. The molecular formula is C22H33NS. The van der Waals surface area contributed by atoms with Crippen molar-refractivity contribution in [3.63, 3.8) is 0 Å². The Morgan fingerprint density at radius 2 is 2.04 bits per heavy atom. The SMILES string of the molecule is C=C(Sc1ccc(/C(C)=C/CCCC)cc1C)C1CCN(C)CC1. The highest BCUT2D eigenvalue weighted by molar-refractivity contribution is 8.03. The summed E-state index contributed by atoms with van der Waals surface area (Å²) in [4.78, 5) is 5.13. The van der Waals surface area contributed by atoms with Crippen LogP contribution in [0.2, 0.25) is 0 Å². The maximum absolute atomic E-state index is 4.38. The maximum Gasteiger partial charge on any atom is 0.0148 e. The summed E-state index contributed by atoms with van der Waals surface area (Å²) in [6.07, 6.45) is 8.60. The van der Waals surface area contributed by atoms with Crippen LogP contribution in [0.1, 0.15) is 57.1 Å². The fourth-order valence-electron chi connectivity index (χ4n) is 3.20. The minimum absolute atomic E-state index is 0.668. The normalized spacial score (nSPS) is 17.2. The van der Waals surface area contributed by atoms with E-state index in [0.29, 0.717) is 5.92 Å². The molecule has 1 aromatic rings. The van der Waals surface area contributed by atoms with E-state index in [0.717, 1.165) is 0 Å². The average molecular weight is 344 g/mol. The molecule has 2 heteroatoms. The fourth-order valence-corrected chi connectivity index (χ4v) is 4.25. The largest absolute Gasteiger partial charge is 0.306 e. The molecule has 0 unspecified atom stereocenters. The highest BCUT2D eigenvalue weighted by Gasteiger charge is 2.20. The van der Waals surface area contributed by atoms with Gasteiger partial charge in [0, 0.05) is 4.90 Å². The van der Waals surface area contributed by atoms with Gasteiger partial charge in [0.1, 0.15) is 0 Å². The molecule has 1 aromatic carbocycles. The lowest BCUT2D eigenvalue weighted by Gasteiger charge is -2.30. The summed E-state index contributed by atoms with van der Waals surface area (Å²) in [5.41, 5.74) is 4.13. The molecule has 1 fully saturated rings. The third kappa shape index (κ3) is 5.53. The molecule has 1 saturated heterocycles. The number of aryl methyl sites for hydroxylation is 1. The van der Waals surface area contributed by atoms with Crippen molar-refractivity contribution in [2.45, 2.75) is 57.8 Å². The van der Waals surface area contributed by atoms with Crippen LogP contribution in [0.4, 0.5) is 0 Å². The zero-order chi connectivity index (χ0) is 17.5. The zero-order valence-electron chi connectivity index (χ0n) is 15.9. The van der Waals surface area contributed by atoms with Gasteiger partial charge in [-0.2, -0.15) is 0 Å². The van der Waals surface area contributed by atoms with Crippen LogP contribution in [0, 0.1) is 12.8 Å². The lowest BCUT2D eigenvalue weighted by molar-refractivity contribution is 0.242. The molecule has 24 heavy (non-hydrogen) atoms. The standard InChI is InChI=1S/C22H33NS/c1-6-7-8-9-17(2)21-10-11-22(18(3)16-21)24-19(4)20-12-14-23(5)15-13-20/h9-11,16,20H,4,6-8,12-15H2,1-3,5H3/b17-9+. The molecule has 0 radical (unpaired) electrons. The average Bonchev–Trinajstić information content (AvgIpc) is 2.57. The summed E-state index contributed by atoms with van der Waals surface area (Å²) in [5, 5.41) is 0. The van der Waals surface area contributed by atoms with Crippen LogP contribution >= 0.6 is 11.8 Å². The van der Waals surface area contributed by atoms with Crippen LogP contribution in [0.5, 0.6) is 0 Å². The molecule has 0 saturated carbocycles. The number of piperidine rings is 1. The Morgan fingerprint density at radius 3 is 2.67 bits per heavy atom. The van der Waals surface area contributed by atoms with Crippen molar-refractivity contribution in [1.29, 1.82) is 0 Å². The van der Waals surface area contributed by atoms with E-state index in [-0.39, 0.29) is 0 Å². The lowest BCUT2D eigenvalue weighted by Crippen LogP contribution is -2.30. The van der Waals surface area contributed by atoms with Crippen molar-refractivity contribution in [2.24, 2.45) is 5.92 Å². The number of hydrogen-bond acceptors (Lipinski definition) is 2. The van der Waals surface area contributed by atoms with Gasteiger partial charge in [-0.1, -0.05) is 56.3 Å². The molecular weight excluding hydrogens is 310 g/mol. The van der Waals surface area contributed by atoms with Gasteiger partial charge in [0.2, 0.25) is 0 Å². The predicted molar refractivity (Wildman–Crippen MR) is 110 cm³/mol. The van der Waals surface area contributed by atoms with Gasteiger partial charge in [0.05, 0.1) is 0 Å². The van der Waals surface area contributed by atoms with E-state index in [4.69, 9.17) is 0 Å². The van der Waals surface area contributed by atoms with Crippen LogP contribution in [0.3, 0.4) is 0 Å². The summed E-state index contributed by atoms with van der Waals surface area (Å²) in [6, 6.07) is 6.89. The second-order valence-electron chi connectivity index (χ2n) is 7.16. The number of nitrogens with zero attached hydrogens (tertiary/aromatic N) is 1. The minimum Gasteiger partial charge on any atom is -0.306 e. The summed E-state index contributed by atoms with van der Waals surface area (Å²) >= 11 is 1.89. The maximum atomic E-state index is 4.38. The first kappa shape index (κ1) is 19.3. The Kier molecular flexibility index (Phi) is 7.64. The molecule has 1 aliphatic rings. The molecule has 0 bridgehead atoms. The third-order valence-electron chi connectivity index (χ3n) is 5.05. The number of benzene rings is 1. The Hall–Kier alpha value is -0.990. The Balaban J connectivity index is 1.99. The van der Waals surface area contributed by atoms with E-state index in [2.05, 4.69) is 63.6 Å². The summed E-state index contributed by atoms with van der Waals surface area (Å²) in [6.45, 7) is 13.5. The molecule has 132 valence electrons. The van der Waals surface area contributed by atoms with Crippen molar-refractivity contribution in [2.75, 3.05) is 20.1 Å². The van der Waals surface area contributed by atoms with Gasteiger partial charge in [-0.15, -0.1) is 0 Å². The van der Waals surface area contributed by atoms with Crippen molar-refractivity contribution in [1.82, 2.24) is 4.90 Å². The lowest BCUT2D eigenvalue weighted by atomic mass is 9.97. The number of unbranched alkanes of at least 4 members (excludes halogenated alkanes) is 2. The molecule has 0 aromatic heterocycles. The van der Waals surface area contributed by atoms with E-state index in [1.165, 1.54) is 71.7 Å². The Bertz CT molecular complexity index is 580. The van der Waals surface area contributed by atoms with Gasteiger partial charge >= 0.3 is 0 Å². The molecule has 0 atom stereocenters. The first-order valence-electron chi connectivity index (χ1n) is 9.34. The van der Waals surface area contributed by atoms with Crippen molar-refractivity contribution < 1.29 is 0 Å². The van der Waals surface area contributed by atoms with Crippen molar-refractivity contribution in [3.05, 3.63) is 46.9 Å². The second kappa shape index (κ2) is 9.48. The van der Waals surface area contributed by atoms with E-state index < -0.39 is 0 Å². The summed E-state index contributed by atoms with van der Waals surface area (Å²) in [7, 11) is 2.21. The molecule has 2 rings (SSSR count). The number of likely N-dealkylation sites (tertiary alicyclic amines) is 1. The van der Waals surface area contributed by atoms with Gasteiger partial charge in [0.15, 0.2) is 0 Å². The van der Waals surface area contributed by atoms with E-state index in [9.17, 15) is 0 Å². The monoisotopic (exact) mass is 343 g/mol. The second-order valence-corrected chi connectivity index (χ2v) is 8.32. The molecule has 1 aliphatic heterocycles. The van der Waals surface area contributed by atoms with E-state index >= 15 is 0 Å². The molecule has 0 amide bonds. The smallest absolute Gasteiger partial charge is 0.0148 e. The topological polar surface area (TPSA) is 3.24 Å². The molecule has 0 N–H and O–H groups in total. The summed E-state index contributed by atoms with van der Waals surface area (Å²) < 4.78 is 0. The number of thioether (sulfide) groups is 1. The van der Waals surface area contributed by atoms with Crippen molar-refractivity contribution >= 4 is 17.3 Å². The number of allylic oxidation sites excluding steroid dienone is 3. The van der Waals surface area contributed by atoms with E-state index in [1.807, 2.05) is 11.8 Å². The highest BCUT2D eigenvalue weighted by atomic mass is 32.2. The van der Waals surface area contributed by atoms with E-state index in [1.54, 1.807) is 0 Å². The van der Waals surface area contributed by atoms with Crippen LogP contribution in [-0.2, 0) is 0 Å². The molecule has 1 heterocycles. The first-order valence-corrected chi connectivity index (χ1v) is 10.2. The highest BCUT2D eigenvalue weighted by Crippen LogP contribution is 2.37. The third-order valence-corrected chi connectivity index (χ3v) is 6.33. The number of hydrogen-bond donors (Lipinski definition) is 0. The first-order chi connectivity index (χ1) is 11.5. The van der Waals surface area contributed by atoms with Crippen LogP contribution in [0.15, 0.2) is 40.7 Å². The summed E-state index contributed by atoms with van der Waals surface area (Å²) in [5.74, 6) is 0.668. The quantitative estimate of drug-likeness (QED) is 0.408. The number of rotatable bonds is 7. The van der Waals surface area contributed by atoms with Gasteiger partial charge in [-0.3, -0.25) is 0 Å². The predicted octanol–water partition coefficient (Wildman–Crippen LogP) is 6.54. The zero-order valence-corrected chi connectivity index (χ0v) is 16.7. The minimum atomic E-state index is 0.668.